The van der Waals surface area contributed by atoms with E-state index in [1.54, 1.807) is 0 Å². The Morgan fingerprint density at radius 2 is 2.08 bits per heavy atom. The summed E-state index contributed by atoms with van der Waals surface area (Å²) in [6, 6.07) is 0.356. The van der Waals surface area contributed by atoms with E-state index < -0.39 is 0 Å². The quantitative estimate of drug-likeness (QED) is 0.645. The van der Waals surface area contributed by atoms with E-state index in [-0.39, 0.29) is 7.33 Å². The Morgan fingerprint density at radius 3 is 2.42 bits per heavy atom. The van der Waals surface area contributed by atoms with Crippen molar-refractivity contribution >= 4 is 5.91 Å². The molecular weight excluding hydrogens is 152 g/mol. The van der Waals surface area contributed by atoms with Crippen molar-refractivity contribution in [1.82, 2.24) is 10.2 Å². The van der Waals surface area contributed by atoms with Crippen molar-refractivity contribution in [1.29, 1.82) is 0 Å². The summed E-state index contributed by atoms with van der Waals surface area (Å²) in [5.74, 6) is 0.223. The van der Waals surface area contributed by atoms with Crippen LogP contribution < -0.4 is 5.32 Å². The summed E-state index contributed by atoms with van der Waals surface area (Å²) in [4.78, 5) is 13.0. The monoisotopic (exact) mass is 174 g/mol. The lowest BCUT2D eigenvalue weighted by Crippen LogP contribution is -2.50. The van der Waals surface area contributed by atoms with Crippen LogP contribution in [0.2, 0.25) is 0 Å². The summed E-state index contributed by atoms with van der Waals surface area (Å²) < 4.78 is 0. The molecule has 0 atom stereocenters. The van der Waals surface area contributed by atoms with Crippen molar-refractivity contribution in [2.24, 2.45) is 0 Å². The number of hydrogen-bond donors (Lipinski definition) is 1. The van der Waals surface area contributed by atoms with Gasteiger partial charge in [0.15, 0.2) is 0 Å². The van der Waals surface area contributed by atoms with Gasteiger partial charge in [0.2, 0.25) is 5.91 Å². The SMILES string of the molecule is CC.CC(C)N1CCNCC1=O.[HH]. The smallest absolute Gasteiger partial charge is 0.236 e. The fourth-order valence-electron chi connectivity index (χ4n) is 1.17. The first kappa shape index (κ1) is 11.4. The number of carbonyl (C=O) groups is 1. The van der Waals surface area contributed by atoms with Gasteiger partial charge < -0.3 is 10.2 Å². The molecule has 0 radical (unpaired) electrons. The van der Waals surface area contributed by atoms with E-state index in [2.05, 4.69) is 5.32 Å². The predicted octanol–water partition coefficient (Wildman–Crippen LogP) is 1.10. The molecule has 1 N–H and O–H groups in total. The van der Waals surface area contributed by atoms with Gasteiger partial charge in [0.25, 0.3) is 0 Å². The number of rotatable bonds is 1. The summed E-state index contributed by atoms with van der Waals surface area (Å²) in [5, 5.41) is 3.03. The highest BCUT2D eigenvalue weighted by Crippen LogP contribution is 1.99. The molecule has 1 fully saturated rings. The van der Waals surface area contributed by atoms with E-state index in [9.17, 15) is 4.79 Å². The maximum atomic E-state index is 11.1. The third kappa shape index (κ3) is 3.22. The Morgan fingerprint density at radius 1 is 1.50 bits per heavy atom. The lowest BCUT2D eigenvalue weighted by atomic mass is 10.2. The van der Waals surface area contributed by atoms with Crippen LogP contribution in [0.4, 0.5) is 0 Å². The van der Waals surface area contributed by atoms with Crippen molar-refractivity contribution in [3.05, 3.63) is 0 Å². The zero-order valence-electron chi connectivity index (χ0n) is 8.55. The summed E-state index contributed by atoms with van der Waals surface area (Å²) in [6.07, 6.45) is 0. The third-order valence-electron chi connectivity index (χ3n) is 1.75. The van der Waals surface area contributed by atoms with E-state index in [0.29, 0.717) is 12.6 Å². The van der Waals surface area contributed by atoms with Crippen LogP contribution >= 0.6 is 0 Å². The summed E-state index contributed by atoms with van der Waals surface area (Å²) in [5.41, 5.74) is 0. The molecule has 0 spiro atoms. The number of hydrogen-bond acceptors (Lipinski definition) is 2. The molecule has 12 heavy (non-hydrogen) atoms. The minimum absolute atomic E-state index is 0. The van der Waals surface area contributed by atoms with E-state index >= 15 is 0 Å². The molecule has 1 saturated heterocycles. The number of nitrogens with one attached hydrogen (secondary N) is 1. The van der Waals surface area contributed by atoms with Gasteiger partial charge in [-0.15, -0.1) is 0 Å². The number of piperazine rings is 1. The van der Waals surface area contributed by atoms with Gasteiger partial charge >= 0.3 is 0 Å². The minimum Gasteiger partial charge on any atom is -0.338 e. The molecule has 1 rings (SSSR count). The van der Waals surface area contributed by atoms with Gasteiger partial charge in [-0.3, -0.25) is 4.79 Å². The highest BCUT2D eigenvalue weighted by molar-refractivity contribution is 5.79. The van der Waals surface area contributed by atoms with Crippen molar-refractivity contribution in [3.63, 3.8) is 0 Å². The van der Waals surface area contributed by atoms with Gasteiger partial charge in [-0.05, 0) is 13.8 Å². The average molecular weight is 174 g/mol. The zero-order valence-corrected chi connectivity index (χ0v) is 8.55. The van der Waals surface area contributed by atoms with Crippen LogP contribution in [0.5, 0.6) is 0 Å². The molecule has 0 aromatic heterocycles. The number of nitrogens with zero attached hydrogens (tertiary/aromatic N) is 1. The van der Waals surface area contributed by atoms with Gasteiger partial charge in [0, 0.05) is 20.6 Å². The highest BCUT2D eigenvalue weighted by Gasteiger charge is 2.19. The largest absolute Gasteiger partial charge is 0.338 e. The average Bonchev–Trinajstić information content (AvgIpc) is 2.08. The first-order chi connectivity index (χ1) is 5.72. The Hall–Kier alpha value is -0.570. The van der Waals surface area contributed by atoms with Gasteiger partial charge in [-0.2, -0.15) is 0 Å². The molecule has 0 unspecified atom stereocenters. The summed E-state index contributed by atoms with van der Waals surface area (Å²) >= 11 is 0. The van der Waals surface area contributed by atoms with Crippen LogP contribution in [-0.4, -0.2) is 36.5 Å². The van der Waals surface area contributed by atoms with Gasteiger partial charge in [-0.25, -0.2) is 0 Å². The molecule has 74 valence electrons. The topological polar surface area (TPSA) is 32.3 Å². The molecule has 0 aromatic carbocycles. The summed E-state index contributed by atoms with van der Waals surface area (Å²) in [6.45, 7) is 10.4. The van der Waals surface area contributed by atoms with Crippen LogP contribution in [0, 0.1) is 0 Å². The Balaban J connectivity index is 0. The molecular formula is C9H22N2O. The second kappa shape index (κ2) is 6.00. The van der Waals surface area contributed by atoms with Crippen LogP contribution in [0.1, 0.15) is 29.1 Å². The molecule has 1 aliphatic heterocycles. The van der Waals surface area contributed by atoms with Gasteiger partial charge in [0.05, 0.1) is 6.54 Å². The second-order valence-corrected chi connectivity index (χ2v) is 2.86. The van der Waals surface area contributed by atoms with Crippen LogP contribution in [0.3, 0.4) is 0 Å². The highest BCUT2D eigenvalue weighted by atomic mass is 16.2. The molecule has 3 nitrogen and oxygen atoms in total. The lowest BCUT2D eigenvalue weighted by Gasteiger charge is -2.30. The molecule has 1 heterocycles. The van der Waals surface area contributed by atoms with Crippen molar-refractivity contribution < 1.29 is 6.22 Å². The number of amides is 1. The van der Waals surface area contributed by atoms with E-state index in [1.807, 2.05) is 32.6 Å². The fraction of sp³-hybridized carbons (Fsp3) is 0.889. The third-order valence-corrected chi connectivity index (χ3v) is 1.75. The van der Waals surface area contributed by atoms with E-state index in [1.165, 1.54) is 0 Å². The molecule has 0 aliphatic carbocycles. The lowest BCUT2D eigenvalue weighted by molar-refractivity contribution is -0.133. The van der Waals surface area contributed by atoms with Crippen molar-refractivity contribution in [2.75, 3.05) is 19.6 Å². The second-order valence-electron chi connectivity index (χ2n) is 2.86. The predicted molar refractivity (Wildman–Crippen MR) is 53.2 cm³/mol. The van der Waals surface area contributed by atoms with Gasteiger partial charge in [0.1, 0.15) is 0 Å². The minimum atomic E-state index is 0. The zero-order chi connectivity index (χ0) is 9.56. The Bertz CT molecular complexity index is 140. The Kier molecular flexibility index (Phi) is 5.72. The van der Waals surface area contributed by atoms with Crippen LogP contribution in [-0.2, 0) is 4.79 Å². The molecule has 1 aliphatic rings. The van der Waals surface area contributed by atoms with E-state index in [0.717, 1.165) is 13.1 Å². The Labute approximate surface area is 76.6 Å². The van der Waals surface area contributed by atoms with Crippen molar-refractivity contribution in [2.45, 2.75) is 33.7 Å². The molecule has 3 heteroatoms. The van der Waals surface area contributed by atoms with E-state index in [4.69, 9.17) is 0 Å². The maximum Gasteiger partial charge on any atom is 0.236 e. The first-order valence-corrected chi connectivity index (χ1v) is 4.72. The maximum absolute atomic E-state index is 11.1. The van der Waals surface area contributed by atoms with Crippen LogP contribution in [0.15, 0.2) is 0 Å². The fourth-order valence-corrected chi connectivity index (χ4v) is 1.17. The molecule has 0 aromatic rings. The molecule has 0 bridgehead atoms. The van der Waals surface area contributed by atoms with Gasteiger partial charge in [-0.1, -0.05) is 13.8 Å². The normalized spacial score (nSPS) is 17.4. The number of carbonyl (C=O) groups excluding carboxylic acids is 1. The standard InChI is InChI=1S/C7H14N2O.C2H6.H2/c1-6(2)9-4-3-8-5-7(9)10;1-2;/h6,8H,3-5H2,1-2H3;1-2H3;1H. The van der Waals surface area contributed by atoms with Crippen molar-refractivity contribution in [3.8, 4) is 0 Å². The first-order valence-electron chi connectivity index (χ1n) is 4.72. The molecule has 0 saturated carbocycles. The van der Waals surface area contributed by atoms with Crippen LogP contribution in [0.25, 0.3) is 0 Å². The summed E-state index contributed by atoms with van der Waals surface area (Å²) in [7, 11) is 0. The molecule has 1 amide bonds.